The normalized spacial score (nSPS) is 12.4. The molecule has 300 valence electrons. The Kier molecular flexibility index (Phi) is 16.6. The number of aryl methyl sites for hydroxylation is 2. The third-order valence-corrected chi connectivity index (χ3v) is 12.3. The van der Waals surface area contributed by atoms with Crippen LogP contribution in [0, 0.1) is 10.1 Å². The molecule has 0 aromatic carbocycles. The number of pyridine rings is 3. The Bertz CT molecular complexity index is 2130. The highest BCUT2D eigenvalue weighted by molar-refractivity contribution is 7.15. The van der Waals surface area contributed by atoms with Crippen LogP contribution in [-0.4, -0.2) is 29.8 Å². The molecule has 0 saturated heterocycles. The first-order chi connectivity index (χ1) is 27.8. The SMILES string of the molecule is C=C/C=C(\C=C/C)CCc1cc(-c2cnc(C(CCC)CCCc3cc(COc4cc(-c5cnc(C(CCC)CCC)s5)cnc4[N+](=O)[O-])ccn3)s2)cnc1N. The minimum atomic E-state index is -0.499. The Morgan fingerprint density at radius 3 is 2.16 bits per heavy atom. The zero-order chi connectivity index (χ0) is 40.6. The van der Waals surface area contributed by atoms with Crippen LogP contribution in [-0.2, 0) is 19.4 Å². The number of ether oxygens (including phenoxy) is 1. The molecule has 5 aromatic heterocycles. The van der Waals surface area contributed by atoms with Crippen molar-refractivity contribution in [2.24, 2.45) is 0 Å². The molecular formula is C45H55N7O3S2. The van der Waals surface area contributed by atoms with Gasteiger partial charge in [0.1, 0.15) is 18.6 Å². The topological polar surface area (TPSA) is 143 Å². The summed E-state index contributed by atoms with van der Waals surface area (Å²) < 4.78 is 6.09. The summed E-state index contributed by atoms with van der Waals surface area (Å²) in [5.41, 5.74) is 12.2. The van der Waals surface area contributed by atoms with Crippen molar-refractivity contribution in [3.8, 4) is 26.6 Å². The van der Waals surface area contributed by atoms with Crippen LogP contribution < -0.4 is 10.5 Å². The van der Waals surface area contributed by atoms with E-state index >= 15 is 0 Å². The lowest BCUT2D eigenvalue weighted by molar-refractivity contribution is -0.390. The van der Waals surface area contributed by atoms with E-state index in [1.807, 2.05) is 55.9 Å². The van der Waals surface area contributed by atoms with Crippen LogP contribution in [0.15, 0.2) is 91.7 Å². The van der Waals surface area contributed by atoms with E-state index in [0.717, 1.165) is 118 Å². The number of nitrogens with two attached hydrogens (primary N) is 1. The first-order valence-electron chi connectivity index (χ1n) is 20.1. The van der Waals surface area contributed by atoms with Crippen molar-refractivity contribution in [1.29, 1.82) is 0 Å². The fraction of sp³-hybridized carbons (Fsp3) is 0.400. The number of thiazole rings is 2. The quantitative estimate of drug-likeness (QED) is 0.0387. The minimum Gasteiger partial charge on any atom is -0.481 e. The summed E-state index contributed by atoms with van der Waals surface area (Å²) in [6, 6.07) is 7.77. The van der Waals surface area contributed by atoms with Crippen molar-refractivity contribution in [2.45, 2.75) is 117 Å². The second kappa shape index (κ2) is 22.0. The molecular weight excluding hydrogens is 751 g/mol. The lowest BCUT2D eigenvalue weighted by Crippen LogP contribution is -2.03. The van der Waals surface area contributed by atoms with Gasteiger partial charge in [0.2, 0.25) is 5.75 Å². The van der Waals surface area contributed by atoms with Gasteiger partial charge in [-0.2, -0.15) is 0 Å². The first-order valence-corrected chi connectivity index (χ1v) is 21.7. The molecule has 0 radical (unpaired) electrons. The molecule has 57 heavy (non-hydrogen) atoms. The second-order valence-corrected chi connectivity index (χ2v) is 16.4. The lowest BCUT2D eigenvalue weighted by atomic mass is 9.97. The molecule has 0 bridgehead atoms. The van der Waals surface area contributed by atoms with Gasteiger partial charge < -0.3 is 20.6 Å². The molecule has 5 rings (SSSR count). The number of aromatic nitrogens is 5. The minimum absolute atomic E-state index is 0.139. The van der Waals surface area contributed by atoms with Gasteiger partial charge in [0.15, 0.2) is 0 Å². The van der Waals surface area contributed by atoms with E-state index in [-0.39, 0.29) is 18.2 Å². The summed E-state index contributed by atoms with van der Waals surface area (Å²) in [6.45, 7) is 12.6. The van der Waals surface area contributed by atoms with Crippen molar-refractivity contribution in [3.05, 3.63) is 129 Å². The molecule has 12 heteroatoms. The third-order valence-electron chi connectivity index (χ3n) is 9.89. The second-order valence-electron chi connectivity index (χ2n) is 14.3. The van der Waals surface area contributed by atoms with Gasteiger partial charge in [-0.15, -0.1) is 22.7 Å². The van der Waals surface area contributed by atoms with Gasteiger partial charge >= 0.3 is 5.82 Å². The van der Waals surface area contributed by atoms with Crippen LogP contribution in [0.3, 0.4) is 0 Å². The molecule has 1 unspecified atom stereocenters. The molecule has 10 nitrogen and oxygen atoms in total. The van der Waals surface area contributed by atoms with E-state index in [1.165, 1.54) is 11.8 Å². The van der Waals surface area contributed by atoms with Crippen molar-refractivity contribution >= 4 is 34.3 Å². The lowest BCUT2D eigenvalue weighted by Gasteiger charge is -2.13. The molecule has 0 amide bonds. The van der Waals surface area contributed by atoms with Crippen molar-refractivity contribution < 1.29 is 9.66 Å². The zero-order valence-corrected chi connectivity index (χ0v) is 35.3. The number of allylic oxidation sites excluding steroid dienone is 5. The molecule has 0 saturated carbocycles. The van der Waals surface area contributed by atoms with E-state index in [1.54, 1.807) is 34.9 Å². The number of anilines is 1. The molecule has 0 aliphatic rings. The van der Waals surface area contributed by atoms with Crippen LogP contribution in [0.5, 0.6) is 5.75 Å². The molecule has 1 atom stereocenters. The largest absolute Gasteiger partial charge is 0.481 e. The van der Waals surface area contributed by atoms with E-state index < -0.39 is 4.92 Å². The number of nitrogen functional groups attached to an aromatic ring is 1. The number of nitro groups is 1. The molecule has 5 heterocycles. The van der Waals surface area contributed by atoms with Gasteiger partial charge in [-0.05, 0) is 103 Å². The molecule has 5 aromatic rings. The molecule has 0 fully saturated rings. The van der Waals surface area contributed by atoms with Crippen LogP contribution in [0.4, 0.5) is 11.6 Å². The number of hydrogen-bond acceptors (Lipinski definition) is 11. The molecule has 0 spiro atoms. The average Bonchev–Trinajstić information content (AvgIpc) is 3.91. The Balaban J connectivity index is 1.21. The maximum absolute atomic E-state index is 11.9. The van der Waals surface area contributed by atoms with Crippen molar-refractivity contribution in [1.82, 2.24) is 24.9 Å². The number of hydrogen-bond donors (Lipinski definition) is 1. The Morgan fingerprint density at radius 2 is 1.53 bits per heavy atom. The zero-order valence-electron chi connectivity index (χ0n) is 33.7. The highest BCUT2D eigenvalue weighted by atomic mass is 32.1. The van der Waals surface area contributed by atoms with E-state index in [2.05, 4.69) is 54.4 Å². The number of nitrogens with zero attached hydrogens (tertiary/aromatic N) is 6. The number of rotatable bonds is 23. The van der Waals surface area contributed by atoms with E-state index in [4.69, 9.17) is 20.4 Å². The Labute approximate surface area is 345 Å². The summed E-state index contributed by atoms with van der Waals surface area (Å²) in [4.78, 5) is 36.4. The van der Waals surface area contributed by atoms with Crippen LogP contribution in [0.25, 0.3) is 20.9 Å². The van der Waals surface area contributed by atoms with Gasteiger partial charge in [-0.3, -0.25) is 4.98 Å². The molecule has 2 N–H and O–H groups in total. The predicted octanol–water partition coefficient (Wildman–Crippen LogP) is 12.4. The van der Waals surface area contributed by atoms with E-state index in [9.17, 15) is 10.1 Å². The maximum atomic E-state index is 11.9. The van der Waals surface area contributed by atoms with Gasteiger partial charge in [0, 0.05) is 59.5 Å². The smallest absolute Gasteiger partial charge is 0.406 e. The van der Waals surface area contributed by atoms with Crippen LogP contribution in [0.2, 0.25) is 0 Å². The highest BCUT2D eigenvalue weighted by Gasteiger charge is 2.22. The predicted molar refractivity (Wildman–Crippen MR) is 235 cm³/mol. The van der Waals surface area contributed by atoms with Crippen LogP contribution >= 0.6 is 22.7 Å². The fourth-order valence-corrected chi connectivity index (χ4v) is 9.17. The van der Waals surface area contributed by atoms with Crippen LogP contribution in [0.1, 0.15) is 124 Å². The molecule has 0 aliphatic carbocycles. The van der Waals surface area contributed by atoms with Gasteiger partial charge in [0.05, 0.1) is 19.8 Å². The summed E-state index contributed by atoms with van der Waals surface area (Å²) in [5.74, 6) is 1.16. The summed E-state index contributed by atoms with van der Waals surface area (Å²) in [6.07, 6.45) is 27.8. The van der Waals surface area contributed by atoms with Gasteiger partial charge in [-0.25, -0.2) is 15.0 Å². The fourth-order valence-electron chi connectivity index (χ4n) is 7.03. The standard InChI is InChI=1S/C45H55N7O3S2/c1-6-12-31(13-7-2)19-20-35-24-36(26-48-42(35)46)40-28-51-45(56-40)34(16-10-5)17-11-18-38-23-32(21-22-47-38)30-55-39-25-37(27-49-43(39)52(53)54)41-29-50-44(57-41)33(14-8-3)15-9-4/h6-7,12-13,21-29,33-34H,1,8-11,14-20,30H2,2-5H3,(H2,46,48)/b13-7-,31-12+. The van der Waals surface area contributed by atoms with Gasteiger partial charge in [-0.1, -0.05) is 70.9 Å². The summed E-state index contributed by atoms with van der Waals surface area (Å²) in [7, 11) is 0. The first kappa shape index (κ1) is 43.1. The van der Waals surface area contributed by atoms with Gasteiger partial charge in [0.25, 0.3) is 0 Å². The molecule has 0 aliphatic heterocycles. The highest BCUT2D eigenvalue weighted by Crippen LogP contribution is 2.38. The maximum Gasteiger partial charge on any atom is 0.406 e. The van der Waals surface area contributed by atoms with E-state index in [0.29, 0.717) is 17.7 Å². The van der Waals surface area contributed by atoms with Crippen molar-refractivity contribution in [2.75, 3.05) is 5.73 Å². The Hall–Kier alpha value is -5.07. The monoisotopic (exact) mass is 805 g/mol. The average molecular weight is 806 g/mol. The summed E-state index contributed by atoms with van der Waals surface area (Å²) in [5, 5.41) is 14.1. The third kappa shape index (κ3) is 12.2. The summed E-state index contributed by atoms with van der Waals surface area (Å²) >= 11 is 3.36. The van der Waals surface area contributed by atoms with Crippen molar-refractivity contribution in [3.63, 3.8) is 0 Å². The Morgan fingerprint density at radius 1 is 0.877 bits per heavy atom.